The maximum Gasteiger partial charge on any atom is 0.418 e. The zero-order chi connectivity index (χ0) is 23.5. The average Bonchev–Trinajstić information content (AvgIpc) is 2.73. The van der Waals surface area contributed by atoms with Crippen molar-refractivity contribution in [3.63, 3.8) is 0 Å². The van der Waals surface area contributed by atoms with Crippen molar-refractivity contribution < 1.29 is 32.2 Å². The van der Waals surface area contributed by atoms with Gasteiger partial charge in [-0.05, 0) is 37.3 Å². The van der Waals surface area contributed by atoms with Gasteiger partial charge in [0.1, 0.15) is 17.2 Å². The van der Waals surface area contributed by atoms with Gasteiger partial charge in [0.05, 0.1) is 29.4 Å². The highest BCUT2D eigenvalue weighted by Crippen LogP contribution is 2.39. The third kappa shape index (κ3) is 4.82. The van der Waals surface area contributed by atoms with E-state index in [2.05, 4.69) is 15.6 Å². The second-order valence-electron chi connectivity index (χ2n) is 6.53. The lowest BCUT2D eigenvalue weighted by Gasteiger charge is -2.16. The second-order valence-corrected chi connectivity index (χ2v) is 6.53. The monoisotopic (exact) mass is 448 g/mol. The first-order chi connectivity index (χ1) is 15.1. The molecule has 8 nitrogen and oxygen atoms in total. The number of pyridine rings is 1. The molecule has 0 atom stereocenters. The van der Waals surface area contributed by atoms with E-state index < -0.39 is 29.4 Å². The number of alkyl halides is 3. The molecule has 3 amide bonds. The molecule has 0 saturated heterocycles. The number of hydrogen-bond donors (Lipinski definition) is 3. The van der Waals surface area contributed by atoms with Crippen LogP contribution >= 0.6 is 0 Å². The molecule has 1 aromatic heterocycles. The number of anilines is 1. The van der Waals surface area contributed by atoms with Crippen molar-refractivity contribution in [2.75, 3.05) is 19.0 Å². The Labute approximate surface area is 180 Å². The van der Waals surface area contributed by atoms with E-state index in [1.807, 2.05) is 0 Å². The summed E-state index contributed by atoms with van der Waals surface area (Å²) >= 11 is 0. The number of urea groups is 1. The Morgan fingerprint density at radius 1 is 1.12 bits per heavy atom. The van der Waals surface area contributed by atoms with Crippen LogP contribution in [0.5, 0.6) is 17.2 Å². The molecule has 1 heterocycles. The van der Waals surface area contributed by atoms with Crippen LogP contribution in [0.1, 0.15) is 22.8 Å². The summed E-state index contributed by atoms with van der Waals surface area (Å²) in [6.07, 6.45) is -3.35. The number of nitrogens with one attached hydrogen (secondary N) is 2. The number of fused-ring (bicyclic) bond motifs is 1. The molecule has 0 radical (unpaired) electrons. The lowest BCUT2D eigenvalue weighted by atomic mass is 10.1. The number of ether oxygens (including phenoxy) is 2. The van der Waals surface area contributed by atoms with Gasteiger partial charge in [0, 0.05) is 24.2 Å². The van der Waals surface area contributed by atoms with Gasteiger partial charge in [-0.15, -0.1) is 0 Å². The Bertz CT molecular complexity index is 1180. The van der Waals surface area contributed by atoms with Gasteiger partial charge in [0.2, 0.25) is 0 Å². The van der Waals surface area contributed by atoms with Crippen molar-refractivity contribution in [1.29, 1.82) is 0 Å². The van der Waals surface area contributed by atoms with Gasteiger partial charge in [-0.25, -0.2) is 4.79 Å². The molecular formula is C21H19F3N4O4. The van der Waals surface area contributed by atoms with E-state index in [1.54, 1.807) is 6.92 Å². The average molecular weight is 448 g/mol. The highest BCUT2D eigenvalue weighted by Gasteiger charge is 2.34. The standard InChI is InChI=1S/C21H19F3N4O4/c1-3-26-20(30)28-15-5-4-11(8-14(15)21(22,23)24)32-17-6-7-27-16-10-18(31-2)13(19(25)29)9-12(16)17/h4-10H,3H2,1-2H3,(H2,25,29)(H2,26,28,30). The molecule has 11 heteroatoms. The smallest absolute Gasteiger partial charge is 0.418 e. The van der Waals surface area contributed by atoms with Gasteiger partial charge in [-0.1, -0.05) is 0 Å². The Kier molecular flexibility index (Phi) is 6.37. The number of halogens is 3. The van der Waals surface area contributed by atoms with E-state index >= 15 is 0 Å². The number of amides is 3. The van der Waals surface area contributed by atoms with Crippen molar-refractivity contribution in [1.82, 2.24) is 10.3 Å². The van der Waals surface area contributed by atoms with Crippen molar-refractivity contribution >= 4 is 28.5 Å². The van der Waals surface area contributed by atoms with Crippen LogP contribution in [0.4, 0.5) is 23.7 Å². The van der Waals surface area contributed by atoms with Crippen molar-refractivity contribution in [3.05, 3.63) is 53.7 Å². The van der Waals surface area contributed by atoms with Crippen LogP contribution in [0, 0.1) is 0 Å². The van der Waals surface area contributed by atoms with Crippen molar-refractivity contribution in [3.8, 4) is 17.2 Å². The summed E-state index contributed by atoms with van der Waals surface area (Å²) in [5, 5.41) is 4.89. The zero-order valence-corrected chi connectivity index (χ0v) is 17.0. The molecule has 3 rings (SSSR count). The van der Waals surface area contributed by atoms with Gasteiger partial charge in [-0.2, -0.15) is 13.2 Å². The normalized spacial score (nSPS) is 11.2. The van der Waals surface area contributed by atoms with Crippen LogP contribution < -0.4 is 25.8 Å². The molecule has 0 bridgehead atoms. The Balaban J connectivity index is 2.04. The molecule has 0 aliphatic heterocycles. The van der Waals surface area contributed by atoms with E-state index in [9.17, 15) is 22.8 Å². The van der Waals surface area contributed by atoms with Gasteiger partial charge >= 0.3 is 12.2 Å². The Morgan fingerprint density at radius 3 is 2.50 bits per heavy atom. The Morgan fingerprint density at radius 2 is 1.88 bits per heavy atom. The molecule has 4 N–H and O–H groups in total. The minimum atomic E-state index is -4.75. The van der Waals surface area contributed by atoms with Crippen molar-refractivity contribution in [2.24, 2.45) is 5.73 Å². The molecular weight excluding hydrogens is 429 g/mol. The molecule has 0 aliphatic rings. The van der Waals surface area contributed by atoms with Gasteiger partial charge in [0.25, 0.3) is 5.91 Å². The minimum Gasteiger partial charge on any atom is -0.496 e. The number of carbonyl (C=O) groups excluding carboxylic acids is 2. The predicted octanol–water partition coefficient (Wildman–Crippen LogP) is 4.29. The number of methoxy groups -OCH3 is 1. The number of hydrogen-bond acceptors (Lipinski definition) is 5. The summed E-state index contributed by atoms with van der Waals surface area (Å²) in [5.41, 5.74) is 4.33. The number of nitrogens with two attached hydrogens (primary N) is 1. The molecule has 0 fully saturated rings. The molecule has 3 aromatic rings. The second kappa shape index (κ2) is 9.00. The van der Waals surface area contributed by atoms with Crippen LogP contribution in [-0.4, -0.2) is 30.6 Å². The first-order valence-electron chi connectivity index (χ1n) is 9.34. The minimum absolute atomic E-state index is 0.0651. The van der Waals surface area contributed by atoms with Crippen molar-refractivity contribution in [2.45, 2.75) is 13.1 Å². The first kappa shape index (κ1) is 22.7. The number of aromatic nitrogens is 1. The summed E-state index contributed by atoms with van der Waals surface area (Å²) in [4.78, 5) is 27.6. The molecule has 0 saturated carbocycles. The van der Waals surface area contributed by atoms with Gasteiger partial charge in [0.15, 0.2) is 0 Å². The molecule has 0 unspecified atom stereocenters. The first-order valence-corrected chi connectivity index (χ1v) is 9.34. The van der Waals surface area contributed by atoms with Gasteiger partial charge in [-0.3, -0.25) is 9.78 Å². The number of primary amides is 1. The van der Waals surface area contributed by atoms with Crippen LogP contribution in [0.3, 0.4) is 0 Å². The van der Waals surface area contributed by atoms with Gasteiger partial charge < -0.3 is 25.8 Å². The summed E-state index contributed by atoms with van der Waals surface area (Å²) < 4.78 is 51.6. The number of benzene rings is 2. The van der Waals surface area contributed by atoms with E-state index in [4.69, 9.17) is 15.2 Å². The van der Waals surface area contributed by atoms with E-state index in [-0.39, 0.29) is 29.4 Å². The summed E-state index contributed by atoms with van der Waals surface area (Å²) in [5.74, 6) is -0.533. The zero-order valence-electron chi connectivity index (χ0n) is 17.0. The van der Waals surface area contributed by atoms with Crippen LogP contribution in [0.25, 0.3) is 10.9 Å². The third-order valence-corrected chi connectivity index (χ3v) is 4.40. The third-order valence-electron chi connectivity index (χ3n) is 4.40. The molecule has 32 heavy (non-hydrogen) atoms. The highest BCUT2D eigenvalue weighted by atomic mass is 19.4. The van der Waals surface area contributed by atoms with Crippen LogP contribution in [0.2, 0.25) is 0 Å². The quantitative estimate of drug-likeness (QED) is 0.520. The topological polar surface area (TPSA) is 116 Å². The summed E-state index contributed by atoms with van der Waals surface area (Å²) in [7, 11) is 1.36. The maximum atomic E-state index is 13.6. The molecule has 168 valence electrons. The largest absolute Gasteiger partial charge is 0.496 e. The lowest BCUT2D eigenvalue weighted by Crippen LogP contribution is -2.29. The fraction of sp³-hybridized carbons (Fsp3) is 0.190. The fourth-order valence-electron chi connectivity index (χ4n) is 2.98. The van der Waals surface area contributed by atoms with E-state index in [1.165, 1.54) is 37.6 Å². The highest BCUT2D eigenvalue weighted by molar-refractivity contribution is 6.01. The maximum absolute atomic E-state index is 13.6. The van der Waals surface area contributed by atoms with Crippen LogP contribution in [-0.2, 0) is 6.18 Å². The molecule has 0 spiro atoms. The predicted molar refractivity (Wildman–Crippen MR) is 111 cm³/mol. The van der Waals surface area contributed by atoms with E-state index in [0.29, 0.717) is 10.9 Å². The SMILES string of the molecule is CCNC(=O)Nc1ccc(Oc2ccnc3cc(OC)c(C(N)=O)cc23)cc1C(F)(F)F. The van der Waals surface area contributed by atoms with Crippen LogP contribution in [0.15, 0.2) is 42.6 Å². The molecule has 0 aliphatic carbocycles. The number of nitrogens with zero attached hydrogens (tertiary/aromatic N) is 1. The summed E-state index contributed by atoms with van der Waals surface area (Å²) in [6.45, 7) is 1.89. The lowest BCUT2D eigenvalue weighted by molar-refractivity contribution is -0.137. The fourth-order valence-corrected chi connectivity index (χ4v) is 2.98. The number of rotatable bonds is 6. The molecule has 2 aromatic carbocycles. The van der Waals surface area contributed by atoms with E-state index in [0.717, 1.165) is 12.1 Å². The Hall–Kier alpha value is -4.02. The number of carbonyl (C=O) groups is 2. The summed E-state index contributed by atoms with van der Waals surface area (Å²) in [6, 6.07) is 6.69.